The summed E-state index contributed by atoms with van der Waals surface area (Å²) in [6.45, 7) is 3.68. The van der Waals surface area contributed by atoms with Crippen LogP contribution in [-0.4, -0.2) is 13.1 Å². The Balaban J connectivity index is 1.70. The average Bonchev–Trinajstić information content (AvgIpc) is 2.99. The summed E-state index contributed by atoms with van der Waals surface area (Å²) in [5.41, 5.74) is 1.69. The van der Waals surface area contributed by atoms with Crippen LogP contribution in [0.25, 0.3) is 0 Å². The number of nitrogens with one attached hydrogen (secondary N) is 1. The Kier molecular flexibility index (Phi) is 3.85. The first-order valence-electron chi connectivity index (χ1n) is 8.52. The standard InChI is InChI=1S/C20H19FN2O2/c1-20(16-6-5-13(12-22)11-17(16)21)24-18-4-2-3-15(19(18)25-20)14-7-9-23-10-8-14/h2-6,11,14,23H,7-10H2,1H3/t20-/m0/s1. The molecule has 0 amide bonds. The molecule has 0 saturated carbocycles. The first-order valence-corrected chi connectivity index (χ1v) is 8.52. The zero-order chi connectivity index (χ0) is 17.4. The quantitative estimate of drug-likeness (QED) is 0.905. The number of nitriles is 1. The summed E-state index contributed by atoms with van der Waals surface area (Å²) in [6, 6.07) is 12.2. The molecule has 1 fully saturated rings. The Morgan fingerprint density at radius 2 is 2.00 bits per heavy atom. The highest BCUT2D eigenvalue weighted by Crippen LogP contribution is 2.49. The van der Waals surface area contributed by atoms with Gasteiger partial charge in [0.05, 0.1) is 17.2 Å². The Bertz CT molecular complexity index is 855. The van der Waals surface area contributed by atoms with Crippen molar-refractivity contribution >= 4 is 0 Å². The van der Waals surface area contributed by atoms with E-state index in [1.807, 2.05) is 18.2 Å². The van der Waals surface area contributed by atoms with Crippen LogP contribution < -0.4 is 14.8 Å². The maximum absolute atomic E-state index is 14.5. The summed E-state index contributed by atoms with van der Waals surface area (Å²) in [7, 11) is 0. The SMILES string of the molecule is C[C@]1(c2ccc(C#N)cc2F)Oc2cccc(C3CCNCC3)c2O1. The van der Waals surface area contributed by atoms with Gasteiger partial charge in [0.25, 0.3) is 5.79 Å². The van der Waals surface area contributed by atoms with Gasteiger partial charge in [0.15, 0.2) is 11.5 Å². The van der Waals surface area contributed by atoms with E-state index in [1.165, 1.54) is 6.07 Å². The number of benzene rings is 2. The molecule has 2 aliphatic heterocycles. The van der Waals surface area contributed by atoms with Gasteiger partial charge in [-0.2, -0.15) is 5.26 Å². The van der Waals surface area contributed by atoms with E-state index in [4.69, 9.17) is 14.7 Å². The molecule has 2 aromatic carbocycles. The van der Waals surface area contributed by atoms with E-state index in [0.717, 1.165) is 31.5 Å². The van der Waals surface area contributed by atoms with Crippen LogP contribution in [0.4, 0.5) is 4.39 Å². The van der Waals surface area contributed by atoms with Crippen LogP contribution in [0.15, 0.2) is 36.4 Å². The fourth-order valence-electron chi connectivity index (χ4n) is 3.67. The summed E-state index contributed by atoms with van der Waals surface area (Å²) < 4.78 is 26.7. The maximum Gasteiger partial charge on any atom is 0.278 e. The van der Waals surface area contributed by atoms with Crippen molar-refractivity contribution in [2.45, 2.75) is 31.5 Å². The zero-order valence-corrected chi connectivity index (χ0v) is 14.0. The van der Waals surface area contributed by atoms with Crippen molar-refractivity contribution in [1.82, 2.24) is 5.32 Å². The lowest BCUT2D eigenvalue weighted by molar-refractivity contribution is -0.0711. The predicted octanol–water partition coefficient (Wildman–Crippen LogP) is 3.81. The van der Waals surface area contributed by atoms with E-state index in [9.17, 15) is 4.39 Å². The maximum atomic E-state index is 14.5. The topological polar surface area (TPSA) is 54.3 Å². The second kappa shape index (κ2) is 6.05. The molecule has 1 saturated heterocycles. The third-order valence-corrected chi connectivity index (χ3v) is 4.98. The van der Waals surface area contributed by atoms with Crippen LogP contribution in [-0.2, 0) is 5.79 Å². The normalized spacial score (nSPS) is 22.6. The van der Waals surface area contributed by atoms with E-state index >= 15 is 0 Å². The number of fused-ring (bicyclic) bond motifs is 1. The van der Waals surface area contributed by atoms with Gasteiger partial charge in [-0.25, -0.2) is 4.39 Å². The van der Waals surface area contributed by atoms with Crippen LogP contribution in [0.3, 0.4) is 0 Å². The van der Waals surface area contributed by atoms with Gasteiger partial charge >= 0.3 is 0 Å². The number of halogens is 1. The van der Waals surface area contributed by atoms with Crippen LogP contribution in [0, 0.1) is 17.1 Å². The van der Waals surface area contributed by atoms with Gasteiger partial charge < -0.3 is 14.8 Å². The minimum atomic E-state index is -1.23. The van der Waals surface area contributed by atoms with Crippen molar-refractivity contribution < 1.29 is 13.9 Å². The fourth-order valence-corrected chi connectivity index (χ4v) is 3.67. The molecule has 25 heavy (non-hydrogen) atoms. The molecular formula is C20H19FN2O2. The van der Waals surface area contributed by atoms with Crippen LogP contribution in [0.5, 0.6) is 11.5 Å². The molecule has 2 aromatic rings. The number of piperidine rings is 1. The van der Waals surface area contributed by atoms with Crippen molar-refractivity contribution in [3.8, 4) is 17.6 Å². The van der Waals surface area contributed by atoms with E-state index in [0.29, 0.717) is 23.0 Å². The first-order chi connectivity index (χ1) is 12.1. The molecule has 128 valence electrons. The summed E-state index contributed by atoms with van der Waals surface area (Å²) >= 11 is 0. The van der Waals surface area contributed by atoms with Crippen LogP contribution >= 0.6 is 0 Å². The molecule has 4 nitrogen and oxygen atoms in total. The van der Waals surface area contributed by atoms with Gasteiger partial charge in [0, 0.05) is 12.5 Å². The molecule has 0 aliphatic carbocycles. The highest BCUT2D eigenvalue weighted by Gasteiger charge is 2.42. The summed E-state index contributed by atoms with van der Waals surface area (Å²) in [6.07, 6.45) is 2.09. The van der Waals surface area contributed by atoms with Crippen molar-refractivity contribution in [3.63, 3.8) is 0 Å². The van der Waals surface area contributed by atoms with Crippen molar-refractivity contribution in [2.24, 2.45) is 0 Å². The number of rotatable bonds is 2. The second-order valence-corrected chi connectivity index (χ2v) is 6.66. The predicted molar refractivity (Wildman–Crippen MR) is 91.0 cm³/mol. The van der Waals surface area contributed by atoms with Crippen molar-refractivity contribution in [2.75, 3.05) is 13.1 Å². The molecule has 0 unspecified atom stereocenters. The number of nitrogens with zero attached hydrogens (tertiary/aromatic N) is 1. The minimum absolute atomic E-state index is 0.274. The summed E-state index contributed by atoms with van der Waals surface area (Å²) in [4.78, 5) is 0. The van der Waals surface area contributed by atoms with E-state index in [-0.39, 0.29) is 5.56 Å². The van der Waals surface area contributed by atoms with Gasteiger partial charge in [0.2, 0.25) is 0 Å². The molecule has 0 aromatic heterocycles. The molecule has 2 heterocycles. The van der Waals surface area contributed by atoms with Gasteiger partial charge in [-0.1, -0.05) is 12.1 Å². The van der Waals surface area contributed by atoms with Gasteiger partial charge in [-0.3, -0.25) is 0 Å². The number of para-hydroxylation sites is 1. The Morgan fingerprint density at radius 3 is 2.72 bits per heavy atom. The molecular weight excluding hydrogens is 319 g/mol. The van der Waals surface area contributed by atoms with E-state index in [2.05, 4.69) is 11.4 Å². The molecule has 4 rings (SSSR count). The van der Waals surface area contributed by atoms with Crippen LogP contribution in [0.1, 0.15) is 42.4 Å². The lowest BCUT2D eigenvalue weighted by Gasteiger charge is -2.26. The lowest BCUT2D eigenvalue weighted by atomic mass is 9.89. The second-order valence-electron chi connectivity index (χ2n) is 6.66. The monoisotopic (exact) mass is 338 g/mol. The third kappa shape index (κ3) is 2.73. The molecule has 5 heteroatoms. The molecule has 0 radical (unpaired) electrons. The molecule has 1 atom stereocenters. The molecule has 2 aliphatic rings. The lowest BCUT2D eigenvalue weighted by Crippen LogP contribution is -2.33. The van der Waals surface area contributed by atoms with Gasteiger partial charge in [-0.15, -0.1) is 0 Å². The third-order valence-electron chi connectivity index (χ3n) is 4.98. The van der Waals surface area contributed by atoms with E-state index in [1.54, 1.807) is 19.1 Å². The fraction of sp³-hybridized carbons (Fsp3) is 0.350. The van der Waals surface area contributed by atoms with Crippen molar-refractivity contribution in [1.29, 1.82) is 5.26 Å². The largest absolute Gasteiger partial charge is 0.444 e. The molecule has 1 N–H and O–H groups in total. The minimum Gasteiger partial charge on any atom is -0.444 e. The highest BCUT2D eigenvalue weighted by atomic mass is 19.1. The number of hydrogen-bond acceptors (Lipinski definition) is 4. The number of hydrogen-bond donors (Lipinski definition) is 1. The zero-order valence-electron chi connectivity index (χ0n) is 14.0. The Hall–Kier alpha value is -2.58. The van der Waals surface area contributed by atoms with E-state index < -0.39 is 11.6 Å². The molecule has 0 spiro atoms. The Morgan fingerprint density at radius 1 is 1.20 bits per heavy atom. The van der Waals surface area contributed by atoms with Gasteiger partial charge in [0.1, 0.15) is 5.82 Å². The average molecular weight is 338 g/mol. The van der Waals surface area contributed by atoms with Crippen LogP contribution in [0.2, 0.25) is 0 Å². The summed E-state index contributed by atoms with van der Waals surface area (Å²) in [5, 5.41) is 12.3. The summed E-state index contributed by atoms with van der Waals surface area (Å²) in [5.74, 6) is 0.0253. The highest BCUT2D eigenvalue weighted by molar-refractivity contribution is 5.52. The van der Waals surface area contributed by atoms with Gasteiger partial charge in [-0.05, 0) is 56.1 Å². The Labute approximate surface area is 146 Å². The smallest absolute Gasteiger partial charge is 0.278 e. The molecule has 0 bridgehead atoms. The number of ether oxygens (including phenoxy) is 2. The first kappa shape index (κ1) is 15.9. The van der Waals surface area contributed by atoms with Crippen molar-refractivity contribution in [3.05, 3.63) is 58.9 Å².